The summed E-state index contributed by atoms with van der Waals surface area (Å²) in [6.45, 7) is 2.05. The first-order chi connectivity index (χ1) is 15.5. The van der Waals surface area contributed by atoms with Gasteiger partial charge in [-0.15, -0.1) is 0 Å². The maximum Gasteiger partial charge on any atom is 0.338 e. The molecule has 0 fully saturated rings. The number of pyridine rings is 1. The Morgan fingerprint density at radius 3 is 2.47 bits per heavy atom. The maximum absolute atomic E-state index is 13.1. The van der Waals surface area contributed by atoms with Crippen molar-refractivity contribution in [3.05, 3.63) is 99.3 Å². The summed E-state index contributed by atoms with van der Waals surface area (Å²) in [6, 6.07) is 20.3. The van der Waals surface area contributed by atoms with Gasteiger partial charge in [0.25, 0.3) is 5.56 Å². The number of rotatable bonds is 5. The Kier molecular flexibility index (Phi) is 6.05. The minimum absolute atomic E-state index is 0.247. The number of carbonyl (C=O) groups is 1. The highest BCUT2D eigenvalue weighted by atomic mass is 35.5. The van der Waals surface area contributed by atoms with Crippen molar-refractivity contribution < 1.29 is 14.6 Å². The standard InChI is InChI=1S/C25H19ClN2O4/c1-2-32-25(31)16-10-12-18(13-11-16)27-15-22-20-8-3-4-9-21(20)23(29)28(24(22)30)19-7-5-6-17(26)14-19/h3-15,30H,2H2,1H3. The second-order valence-electron chi connectivity index (χ2n) is 6.93. The Morgan fingerprint density at radius 2 is 1.78 bits per heavy atom. The topological polar surface area (TPSA) is 80.9 Å². The van der Waals surface area contributed by atoms with Crippen LogP contribution >= 0.6 is 11.6 Å². The number of hydrogen-bond acceptors (Lipinski definition) is 5. The second kappa shape index (κ2) is 9.08. The number of halogens is 1. The molecule has 160 valence electrons. The van der Waals surface area contributed by atoms with Gasteiger partial charge in [-0.25, -0.2) is 9.36 Å². The van der Waals surface area contributed by atoms with Crippen molar-refractivity contribution in [1.29, 1.82) is 0 Å². The summed E-state index contributed by atoms with van der Waals surface area (Å²) in [7, 11) is 0. The van der Waals surface area contributed by atoms with Crippen molar-refractivity contribution in [1.82, 2.24) is 4.57 Å². The van der Waals surface area contributed by atoms with Crippen LogP contribution in [0.25, 0.3) is 16.5 Å². The van der Waals surface area contributed by atoms with Gasteiger partial charge < -0.3 is 9.84 Å². The molecule has 0 saturated carbocycles. The molecule has 0 aliphatic rings. The molecule has 32 heavy (non-hydrogen) atoms. The number of hydrogen-bond donors (Lipinski definition) is 1. The van der Waals surface area contributed by atoms with E-state index in [-0.39, 0.29) is 11.4 Å². The van der Waals surface area contributed by atoms with Crippen molar-refractivity contribution in [3.63, 3.8) is 0 Å². The van der Waals surface area contributed by atoms with Crippen molar-refractivity contribution in [2.45, 2.75) is 6.92 Å². The summed E-state index contributed by atoms with van der Waals surface area (Å²) in [6.07, 6.45) is 1.50. The molecule has 0 amide bonds. The van der Waals surface area contributed by atoms with Crippen LogP contribution < -0.4 is 5.56 Å². The van der Waals surface area contributed by atoms with Gasteiger partial charge >= 0.3 is 5.97 Å². The van der Waals surface area contributed by atoms with Crippen LogP contribution in [0.15, 0.2) is 82.6 Å². The van der Waals surface area contributed by atoms with Crippen molar-refractivity contribution in [2.24, 2.45) is 4.99 Å². The number of aromatic nitrogens is 1. The summed E-state index contributed by atoms with van der Waals surface area (Å²) in [5.41, 5.74) is 1.46. The molecule has 1 heterocycles. The van der Waals surface area contributed by atoms with E-state index in [1.165, 1.54) is 10.8 Å². The van der Waals surface area contributed by atoms with E-state index in [0.717, 1.165) is 0 Å². The Labute approximate surface area is 189 Å². The fourth-order valence-corrected chi connectivity index (χ4v) is 3.57. The highest BCUT2D eigenvalue weighted by molar-refractivity contribution is 6.30. The summed E-state index contributed by atoms with van der Waals surface area (Å²) < 4.78 is 6.19. The Hall–Kier alpha value is -3.90. The lowest BCUT2D eigenvalue weighted by Gasteiger charge is -2.14. The van der Waals surface area contributed by atoms with E-state index in [9.17, 15) is 14.7 Å². The lowest BCUT2D eigenvalue weighted by molar-refractivity contribution is 0.0526. The van der Waals surface area contributed by atoms with Crippen LogP contribution in [-0.4, -0.2) is 28.5 Å². The monoisotopic (exact) mass is 446 g/mol. The number of esters is 1. The number of aliphatic imine (C=N–C) groups is 1. The van der Waals surface area contributed by atoms with E-state index in [0.29, 0.717) is 44.9 Å². The molecule has 4 aromatic rings. The first-order valence-corrected chi connectivity index (χ1v) is 10.3. The number of carbonyl (C=O) groups excluding carboxylic acids is 1. The Morgan fingerprint density at radius 1 is 1.06 bits per heavy atom. The van der Waals surface area contributed by atoms with Crippen molar-refractivity contribution >= 4 is 40.2 Å². The Balaban J connectivity index is 1.82. The molecule has 0 saturated heterocycles. The molecule has 4 rings (SSSR count). The largest absolute Gasteiger partial charge is 0.494 e. The molecular formula is C25H19ClN2O4. The zero-order valence-corrected chi connectivity index (χ0v) is 17.9. The molecular weight excluding hydrogens is 428 g/mol. The molecule has 3 aromatic carbocycles. The SMILES string of the molecule is CCOC(=O)c1ccc(N=Cc2c(O)n(-c3cccc(Cl)c3)c(=O)c3ccccc23)cc1. The maximum atomic E-state index is 13.1. The zero-order valence-electron chi connectivity index (χ0n) is 17.2. The number of nitrogens with zero attached hydrogens (tertiary/aromatic N) is 2. The highest BCUT2D eigenvalue weighted by Crippen LogP contribution is 2.27. The van der Waals surface area contributed by atoms with Crippen LogP contribution in [-0.2, 0) is 4.74 Å². The van der Waals surface area contributed by atoms with Crippen LogP contribution in [0.5, 0.6) is 5.88 Å². The molecule has 0 atom stereocenters. The molecule has 0 bridgehead atoms. The van der Waals surface area contributed by atoms with E-state index in [1.54, 1.807) is 79.7 Å². The van der Waals surface area contributed by atoms with Crippen LogP contribution in [0.2, 0.25) is 5.02 Å². The van der Waals surface area contributed by atoms with Gasteiger partial charge in [-0.2, -0.15) is 0 Å². The van der Waals surface area contributed by atoms with Gasteiger partial charge in [0.05, 0.1) is 29.1 Å². The number of aromatic hydroxyl groups is 1. The van der Waals surface area contributed by atoms with Gasteiger partial charge in [0.15, 0.2) is 0 Å². The molecule has 0 unspecified atom stereocenters. The van der Waals surface area contributed by atoms with Gasteiger partial charge in [-0.3, -0.25) is 9.79 Å². The lowest BCUT2D eigenvalue weighted by Crippen LogP contribution is -2.20. The fraction of sp³-hybridized carbons (Fsp3) is 0.0800. The molecule has 0 spiro atoms. The summed E-state index contributed by atoms with van der Waals surface area (Å²) in [5.74, 6) is -0.650. The molecule has 6 nitrogen and oxygen atoms in total. The van der Waals surface area contributed by atoms with E-state index < -0.39 is 5.97 Å². The lowest BCUT2D eigenvalue weighted by atomic mass is 10.1. The number of fused-ring (bicyclic) bond motifs is 1. The number of benzene rings is 3. The van der Waals surface area contributed by atoms with Gasteiger partial charge in [0.2, 0.25) is 5.88 Å². The minimum Gasteiger partial charge on any atom is -0.494 e. The molecule has 1 N–H and O–H groups in total. The fourth-order valence-electron chi connectivity index (χ4n) is 3.38. The van der Waals surface area contributed by atoms with Crippen LogP contribution in [0.4, 0.5) is 5.69 Å². The Bertz CT molecular complexity index is 1390. The third-order valence-electron chi connectivity index (χ3n) is 4.89. The minimum atomic E-state index is -0.403. The zero-order chi connectivity index (χ0) is 22.7. The van der Waals surface area contributed by atoms with Gasteiger partial charge in [0, 0.05) is 22.0 Å². The summed E-state index contributed by atoms with van der Waals surface area (Å²) >= 11 is 6.10. The quantitative estimate of drug-likeness (QED) is 0.334. The summed E-state index contributed by atoms with van der Waals surface area (Å²) in [5, 5.41) is 12.5. The molecule has 0 aliphatic heterocycles. The predicted octanol–water partition coefficient (Wildman–Crippen LogP) is 5.28. The van der Waals surface area contributed by atoms with Gasteiger partial charge in [-0.1, -0.05) is 35.9 Å². The molecule has 0 aliphatic carbocycles. The molecule has 1 aromatic heterocycles. The van der Waals surface area contributed by atoms with Crippen molar-refractivity contribution in [3.8, 4) is 11.6 Å². The van der Waals surface area contributed by atoms with E-state index in [1.807, 2.05) is 0 Å². The molecule has 7 heteroatoms. The van der Waals surface area contributed by atoms with Crippen molar-refractivity contribution in [2.75, 3.05) is 6.61 Å². The van der Waals surface area contributed by atoms with Crippen LogP contribution in [0.1, 0.15) is 22.8 Å². The van der Waals surface area contributed by atoms with E-state index in [4.69, 9.17) is 16.3 Å². The average Bonchev–Trinajstić information content (AvgIpc) is 2.80. The first kappa shape index (κ1) is 21.3. The highest BCUT2D eigenvalue weighted by Gasteiger charge is 2.16. The van der Waals surface area contributed by atoms with E-state index >= 15 is 0 Å². The van der Waals surface area contributed by atoms with Gasteiger partial charge in [-0.05, 0) is 55.5 Å². The van der Waals surface area contributed by atoms with E-state index in [2.05, 4.69) is 4.99 Å². The molecule has 0 radical (unpaired) electrons. The number of ether oxygens (including phenoxy) is 1. The predicted molar refractivity (Wildman–Crippen MR) is 126 cm³/mol. The van der Waals surface area contributed by atoms with Gasteiger partial charge in [0.1, 0.15) is 0 Å². The first-order valence-electron chi connectivity index (χ1n) is 9.93. The summed E-state index contributed by atoms with van der Waals surface area (Å²) in [4.78, 5) is 29.4. The smallest absolute Gasteiger partial charge is 0.338 e. The second-order valence-corrected chi connectivity index (χ2v) is 7.37. The van der Waals surface area contributed by atoms with Crippen LogP contribution in [0.3, 0.4) is 0 Å². The normalized spacial score (nSPS) is 11.2. The average molecular weight is 447 g/mol. The van der Waals surface area contributed by atoms with Crippen LogP contribution in [0, 0.1) is 0 Å². The third-order valence-corrected chi connectivity index (χ3v) is 5.13. The third kappa shape index (κ3) is 4.13.